The van der Waals surface area contributed by atoms with Gasteiger partial charge in [-0.2, -0.15) is 0 Å². The Morgan fingerprint density at radius 3 is 2.21 bits per heavy atom. The average molecular weight is 460 g/mol. The minimum atomic E-state index is -0.828. The maximum atomic E-state index is 13.7. The van der Waals surface area contributed by atoms with Gasteiger partial charge in [-0.1, -0.05) is 60.7 Å². The van der Waals surface area contributed by atoms with Crippen molar-refractivity contribution in [1.29, 1.82) is 0 Å². The molecule has 3 aliphatic heterocycles. The number of nitrogens with zero attached hydrogens (tertiary/aromatic N) is 1. The Morgan fingerprint density at radius 1 is 0.971 bits per heavy atom. The maximum absolute atomic E-state index is 13.7. The molecule has 5 rings (SSSR count). The van der Waals surface area contributed by atoms with Gasteiger partial charge >= 0.3 is 6.09 Å². The summed E-state index contributed by atoms with van der Waals surface area (Å²) in [4.78, 5) is 15.5. The number of allylic oxidation sites excluding steroid dienone is 2. The molecule has 1 fully saturated rings. The number of hydrogen-bond acceptors (Lipinski definition) is 4. The van der Waals surface area contributed by atoms with Crippen molar-refractivity contribution in [2.75, 3.05) is 0 Å². The summed E-state index contributed by atoms with van der Waals surface area (Å²) >= 11 is 0. The van der Waals surface area contributed by atoms with Gasteiger partial charge in [0.05, 0.1) is 0 Å². The molecular weight excluding hydrogens is 426 g/mol. The molecule has 0 unspecified atom stereocenters. The molecule has 2 aromatic carbocycles. The molecule has 3 atom stereocenters. The number of carbonyl (C=O) groups excluding carboxylic acids is 1. The number of rotatable bonds is 2. The second kappa shape index (κ2) is 8.23. The van der Waals surface area contributed by atoms with Crippen LogP contribution in [0.4, 0.5) is 4.79 Å². The summed E-state index contributed by atoms with van der Waals surface area (Å²) in [6.45, 7) is 9.66. The van der Waals surface area contributed by atoms with E-state index < -0.39 is 23.6 Å². The van der Waals surface area contributed by atoms with Gasteiger partial charge in [0, 0.05) is 29.9 Å². The van der Waals surface area contributed by atoms with Crippen LogP contribution in [0, 0.1) is 5.92 Å². The molecule has 5 nitrogen and oxygen atoms in total. The molecule has 0 bridgehead atoms. The molecule has 5 heteroatoms. The van der Waals surface area contributed by atoms with Crippen molar-refractivity contribution in [3.8, 4) is 0 Å². The zero-order valence-electron chi connectivity index (χ0n) is 20.6. The molecule has 0 aliphatic carbocycles. The normalized spacial score (nSPS) is 26.4. The van der Waals surface area contributed by atoms with E-state index in [2.05, 4.69) is 24.3 Å². The zero-order valence-corrected chi connectivity index (χ0v) is 20.6. The molecule has 0 saturated carbocycles. The fourth-order valence-corrected chi connectivity index (χ4v) is 5.60. The summed E-state index contributed by atoms with van der Waals surface area (Å²) in [6, 6.07) is 20.6. The smallest absolute Gasteiger partial charge is 0.416 e. The Kier molecular flexibility index (Phi) is 5.46. The largest absolute Gasteiger partial charge is 0.474 e. The number of carbonyl (C=O) groups is 1. The predicted octanol–water partition coefficient (Wildman–Crippen LogP) is 6.97. The van der Waals surface area contributed by atoms with E-state index >= 15 is 0 Å². The van der Waals surface area contributed by atoms with Crippen LogP contribution in [0.2, 0.25) is 0 Å². The van der Waals surface area contributed by atoms with E-state index in [-0.39, 0.29) is 5.92 Å². The molecule has 0 aromatic heterocycles. The topological polar surface area (TPSA) is 48.0 Å². The first-order valence-corrected chi connectivity index (χ1v) is 12.1. The van der Waals surface area contributed by atoms with Crippen LogP contribution in [0.5, 0.6) is 0 Å². The van der Waals surface area contributed by atoms with Gasteiger partial charge in [0.15, 0.2) is 12.0 Å². The Hall–Kier alpha value is -3.21. The molecule has 0 N–H and O–H groups in total. The number of likely N-dealkylation sites (tertiary alicyclic amines) is 1. The number of hydrogen-bond donors (Lipinski definition) is 0. The van der Waals surface area contributed by atoms with Crippen molar-refractivity contribution in [3.63, 3.8) is 0 Å². The quantitative estimate of drug-likeness (QED) is 0.487. The van der Waals surface area contributed by atoms with Crippen molar-refractivity contribution in [3.05, 3.63) is 83.3 Å². The second-order valence-corrected chi connectivity index (χ2v) is 10.5. The van der Waals surface area contributed by atoms with Crippen molar-refractivity contribution in [2.24, 2.45) is 5.92 Å². The standard InChI is InChI=1S/C29H33NO4/c1-19-24(21-12-8-6-9-13-21)18-29(33-19)17-16-23-25(22-14-10-7-11-15-22)20(2)32-26(23)30(29)27(31)34-28(3,4)5/h6-15,23,26H,16-18H2,1-5H3/t23-,26+,29-/m1/s1. The molecule has 34 heavy (non-hydrogen) atoms. The fourth-order valence-electron chi connectivity index (χ4n) is 5.60. The van der Waals surface area contributed by atoms with E-state index in [1.165, 1.54) is 5.57 Å². The van der Waals surface area contributed by atoms with E-state index in [0.717, 1.165) is 34.6 Å². The van der Waals surface area contributed by atoms with E-state index in [4.69, 9.17) is 14.2 Å². The van der Waals surface area contributed by atoms with Crippen molar-refractivity contribution in [2.45, 2.75) is 71.4 Å². The van der Waals surface area contributed by atoms with Crippen molar-refractivity contribution < 1.29 is 19.0 Å². The second-order valence-electron chi connectivity index (χ2n) is 10.5. The molecule has 178 valence electrons. The van der Waals surface area contributed by atoms with Gasteiger partial charge in [-0.05, 0) is 52.2 Å². The van der Waals surface area contributed by atoms with Crippen LogP contribution in [0.25, 0.3) is 11.1 Å². The summed E-state index contributed by atoms with van der Waals surface area (Å²) in [5.41, 5.74) is 3.09. The molecule has 0 radical (unpaired) electrons. The minimum absolute atomic E-state index is 0.0604. The van der Waals surface area contributed by atoms with Crippen LogP contribution in [0.15, 0.2) is 72.2 Å². The van der Waals surface area contributed by atoms with Crippen molar-refractivity contribution >= 4 is 17.2 Å². The minimum Gasteiger partial charge on any atom is -0.474 e. The van der Waals surface area contributed by atoms with Crippen molar-refractivity contribution in [1.82, 2.24) is 4.90 Å². The molecule has 2 aromatic rings. The lowest BCUT2D eigenvalue weighted by Gasteiger charge is -2.49. The Labute approximate surface area is 202 Å². The maximum Gasteiger partial charge on any atom is 0.416 e. The van der Waals surface area contributed by atoms with E-state index in [9.17, 15) is 4.79 Å². The van der Waals surface area contributed by atoms with Crippen LogP contribution in [0.3, 0.4) is 0 Å². The number of amides is 1. The van der Waals surface area contributed by atoms with Gasteiger partial charge in [0.1, 0.15) is 17.1 Å². The molecule has 1 saturated heterocycles. The molecule has 3 heterocycles. The van der Waals surface area contributed by atoms with Crippen LogP contribution in [0.1, 0.15) is 65.0 Å². The Morgan fingerprint density at radius 2 is 1.59 bits per heavy atom. The van der Waals surface area contributed by atoms with Gasteiger partial charge in [-0.15, -0.1) is 0 Å². The molecule has 1 amide bonds. The van der Waals surface area contributed by atoms with Gasteiger partial charge in [-0.25, -0.2) is 9.69 Å². The van der Waals surface area contributed by atoms with Crippen LogP contribution in [-0.4, -0.2) is 28.5 Å². The first-order valence-electron chi connectivity index (χ1n) is 12.1. The lowest BCUT2D eigenvalue weighted by molar-refractivity contribution is -0.198. The lowest BCUT2D eigenvalue weighted by atomic mass is 9.80. The Balaban J connectivity index is 1.52. The van der Waals surface area contributed by atoms with E-state index in [1.807, 2.05) is 71.0 Å². The highest BCUT2D eigenvalue weighted by atomic mass is 16.6. The molecule has 3 aliphatic rings. The third kappa shape index (κ3) is 3.87. The monoisotopic (exact) mass is 459 g/mol. The van der Waals surface area contributed by atoms with Crippen LogP contribution < -0.4 is 0 Å². The van der Waals surface area contributed by atoms with Gasteiger partial charge in [0.25, 0.3) is 0 Å². The summed E-state index contributed by atoms with van der Waals surface area (Å²) in [7, 11) is 0. The first-order chi connectivity index (χ1) is 16.2. The third-order valence-corrected chi connectivity index (χ3v) is 6.95. The number of fused-ring (bicyclic) bond motifs is 1. The molecular formula is C29H33NO4. The number of benzene rings is 2. The highest BCUT2D eigenvalue weighted by molar-refractivity contribution is 5.77. The van der Waals surface area contributed by atoms with Crippen LogP contribution in [-0.2, 0) is 14.2 Å². The highest BCUT2D eigenvalue weighted by Gasteiger charge is 2.59. The van der Waals surface area contributed by atoms with E-state index in [1.54, 1.807) is 4.90 Å². The summed E-state index contributed by atoms with van der Waals surface area (Å²) in [5.74, 6) is 1.77. The summed E-state index contributed by atoms with van der Waals surface area (Å²) in [6.07, 6.45) is 1.30. The fraction of sp³-hybridized carbons (Fsp3) is 0.414. The Bertz CT molecular complexity index is 1150. The third-order valence-electron chi connectivity index (χ3n) is 6.95. The van der Waals surface area contributed by atoms with Crippen LogP contribution >= 0.6 is 0 Å². The van der Waals surface area contributed by atoms with Gasteiger partial charge in [-0.3, -0.25) is 0 Å². The number of piperidine rings is 1. The highest BCUT2D eigenvalue weighted by Crippen LogP contribution is 2.54. The zero-order chi connectivity index (χ0) is 24.1. The lowest BCUT2D eigenvalue weighted by Crippen LogP contribution is -2.62. The van der Waals surface area contributed by atoms with Gasteiger partial charge in [0.2, 0.25) is 0 Å². The van der Waals surface area contributed by atoms with E-state index in [0.29, 0.717) is 12.8 Å². The summed E-state index contributed by atoms with van der Waals surface area (Å²) < 4.78 is 19.0. The molecule has 1 spiro atoms. The predicted molar refractivity (Wildman–Crippen MR) is 132 cm³/mol. The number of ether oxygens (including phenoxy) is 3. The first kappa shape index (κ1) is 22.6. The average Bonchev–Trinajstić information content (AvgIpc) is 3.29. The summed E-state index contributed by atoms with van der Waals surface area (Å²) in [5, 5.41) is 0. The van der Waals surface area contributed by atoms with Gasteiger partial charge < -0.3 is 14.2 Å². The SMILES string of the molecule is CC1=C(c2ccccc2)C[C@@]2(CC[C@@H]3C(c4ccccc4)=C(C)O[C@@H]3N2C(=O)OC(C)(C)C)O1.